The van der Waals surface area contributed by atoms with Crippen molar-refractivity contribution in [2.45, 2.75) is 56.5 Å². The van der Waals surface area contributed by atoms with E-state index in [-0.39, 0.29) is 11.8 Å². The SMILES string of the molecule is Nc1c(Br)c(C2CCN(C(=O)C3(O)CCCCC3)CC2)nc2c(-c3ccc(-c4ccccc4)nc3)cnn12. The second-order valence-corrected chi connectivity index (χ2v) is 11.2. The predicted molar refractivity (Wildman–Crippen MR) is 150 cm³/mol. The van der Waals surface area contributed by atoms with Crippen LogP contribution in [0.15, 0.2) is 59.3 Å². The van der Waals surface area contributed by atoms with Gasteiger partial charge in [-0.05, 0) is 47.7 Å². The first-order valence-corrected chi connectivity index (χ1v) is 14.1. The van der Waals surface area contributed by atoms with Gasteiger partial charge < -0.3 is 15.7 Å². The van der Waals surface area contributed by atoms with Crippen LogP contribution in [0.4, 0.5) is 5.82 Å². The standard InChI is InChI=1S/C29H31BrN6O2/c30-24-25(20-11-15-35(16-12-20)28(37)29(38)13-5-2-6-14-29)34-27-22(18-33-36(27)26(24)31)21-9-10-23(32-17-21)19-7-3-1-4-8-19/h1,3-4,7-10,17-18,20,38H,2,5-6,11-16,31H2. The fourth-order valence-electron chi connectivity index (χ4n) is 5.82. The summed E-state index contributed by atoms with van der Waals surface area (Å²) >= 11 is 3.67. The minimum atomic E-state index is -1.19. The topological polar surface area (TPSA) is 110 Å². The highest BCUT2D eigenvalue weighted by atomic mass is 79.9. The molecule has 0 atom stereocenters. The number of likely N-dealkylation sites (tertiary alicyclic amines) is 1. The molecule has 38 heavy (non-hydrogen) atoms. The van der Waals surface area contributed by atoms with Gasteiger partial charge in [0.2, 0.25) is 0 Å². The Bertz CT molecular complexity index is 1460. The molecule has 1 aliphatic carbocycles. The molecule has 6 rings (SSSR count). The van der Waals surface area contributed by atoms with Crippen molar-refractivity contribution in [1.29, 1.82) is 0 Å². The number of hydrogen-bond acceptors (Lipinski definition) is 6. The normalized spacial score (nSPS) is 18.1. The number of nitrogens with two attached hydrogens (primary N) is 1. The van der Waals surface area contributed by atoms with Crippen molar-refractivity contribution >= 4 is 33.3 Å². The van der Waals surface area contributed by atoms with Gasteiger partial charge >= 0.3 is 0 Å². The molecule has 1 aliphatic heterocycles. The Balaban J connectivity index is 1.25. The van der Waals surface area contributed by atoms with E-state index < -0.39 is 5.60 Å². The van der Waals surface area contributed by atoms with Gasteiger partial charge in [-0.2, -0.15) is 9.61 Å². The molecule has 3 aromatic heterocycles. The summed E-state index contributed by atoms with van der Waals surface area (Å²) in [5, 5.41) is 15.4. The number of rotatable bonds is 4. The first-order valence-electron chi connectivity index (χ1n) is 13.3. The summed E-state index contributed by atoms with van der Waals surface area (Å²) in [6.07, 6.45) is 9.19. The smallest absolute Gasteiger partial charge is 0.254 e. The number of piperidine rings is 1. The molecule has 4 aromatic rings. The lowest BCUT2D eigenvalue weighted by Gasteiger charge is -2.39. The number of halogens is 1. The molecule has 196 valence electrons. The molecule has 2 fully saturated rings. The number of pyridine rings is 1. The lowest BCUT2D eigenvalue weighted by molar-refractivity contribution is -0.155. The third-order valence-corrected chi connectivity index (χ3v) is 8.85. The molecular weight excluding hydrogens is 544 g/mol. The lowest BCUT2D eigenvalue weighted by Crippen LogP contribution is -2.52. The molecule has 0 radical (unpaired) electrons. The van der Waals surface area contributed by atoms with Crippen LogP contribution in [-0.4, -0.2) is 54.2 Å². The van der Waals surface area contributed by atoms with E-state index in [9.17, 15) is 9.90 Å². The van der Waals surface area contributed by atoms with Crippen molar-refractivity contribution in [3.8, 4) is 22.4 Å². The van der Waals surface area contributed by atoms with E-state index in [0.29, 0.717) is 37.4 Å². The van der Waals surface area contributed by atoms with Gasteiger partial charge in [-0.25, -0.2) is 4.98 Å². The molecule has 8 nitrogen and oxygen atoms in total. The third-order valence-electron chi connectivity index (χ3n) is 8.04. The molecule has 1 amide bonds. The largest absolute Gasteiger partial charge is 0.383 e. The minimum Gasteiger partial charge on any atom is -0.383 e. The first kappa shape index (κ1) is 25.0. The highest BCUT2D eigenvalue weighted by Gasteiger charge is 2.41. The molecule has 1 saturated carbocycles. The average molecular weight is 576 g/mol. The number of carbonyl (C=O) groups is 1. The van der Waals surface area contributed by atoms with Crippen molar-refractivity contribution in [2.24, 2.45) is 0 Å². The van der Waals surface area contributed by atoms with Crippen LogP contribution in [0.25, 0.3) is 28.0 Å². The Hall–Kier alpha value is -3.30. The molecule has 0 bridgehead atoms. The summed E-state index contributed by atoms with van der Waals surface area (Å²) in [6.45, 7) is 1.20. The zero-order chi connectivity index (χ0) is 26.3. The summed E-state index contributed by atoms with van der Waals surface area (Å²) < 4.78 is 2.40. The van der Waals surface area contributed by atoms with Crippen LogP contribution in [0.3, 0.4) is 0 Å². The molecule has 2 aliphatic rings. The van der Waals surface area contributed by atoms with Crippen molar-refractivity contribution < 1.29 is 9.90 Å². The first-order chi connectivity index (χ1) is 18.4. The predicted octanol–water partition coefficient (Wildman–Crippen LogP) is 5.20. The number of aliphatic hydroxyl groups is 1. The van der Waals surface area contributed by atoms with Gasteiger partial charge in [-0.15, -0.1) is 0 Å². The van der Waals surface area contributed by atoms with Crippen LogP contribution >= 0.6 is 15.9 Å². The molecule has 1 aromatic carbocycles. The number of carbonyl (C=O) groups excluding carboxylic acids is 1. The molecule has 0 unspecified atom stereocenters. The summed E-state index contributed by atoms with van der Waals surface area (Å²) in [5.41, 5.74) is 10.6. The van der Waals surface area contributed by atoms with E-state index in [4.69, 9.17) is 10.7 Å². The van der Waals surface area contributed by atoms with Crippen molar-refractivity contribution in [3.63, 3.8) is 0 Å². The Morgan fingerprint density at radius 2 is 1.74 bits per heavy atom. The van der Waals surface area contributed by atoms with E-state index in [0.717, 1.165) is 64.7 Å². The van der Waals surface area contributed by atoms with E-state index in [1.54, 1.807) is 10.7 Å². The van der Waals surface area contributed by atoms with E-state index in [1.165, 1.54) is 0 Å². The van der Waals surface area contributed by atoms with Crippen molar-refractivity contribution in [2.75, 3.05) is 18.8 Å². The van der Waals surface area contributed by atoms with Gasteiger partial charge in [-0.3, -0.25) is 9.78 Å². The highest BCUT2D eigenvalue weighted by Crippen LogP contribution is 2.38. The quantitative estimate of drug-likeness (QED) is 0.346. The fraction of sp³-hybridized carbons (Fsp3) is 0.379. The summed E-state index contributed by atoms with van der Waals surface area (Å²) in [5.74, 6) is 0.533. The molecular formula is C29H31BrN6O2. The number of aromatic nitrogens is 4. The zero-order valence-corrected chi connectivity index (χ0v) is 22.8. The van der Waals surface area contributed by atoms with Gasteiger partial charge in [0.15, 0.2) is 5.65 Å². The number of benzene rings is 1. The summed E-state index contributed by atoms with van der Waals surface area (Å²) in [6, 6.07) is 14.1. The maximum atomic E-state index is 13.1. The van der Waals surface area contributed by atoms with Crippen LogP contribution in [0.1, 0.15) is 56.6 Å². The van der Waals surface area contributed by atoms with Gasteiger partial charge in [0.25, 0.3) is 5.91 Å². The molecule has 9 heteroatoms. The number of nitrogen functional groups attached to an aromatic ring is 1. The Morgan fingerprint density at radius 3 is 2.42 bits per heavy atom. The second-order valence-electron chi connectivity index (χ2n) is 10.4. The monoisotopic (exact) mass is 574 g/mol. The van der Waals surface area contributed by atoms with Crippen LogP contribution < -0.4 is 5.73 Å². The second kappa shape index (κ2) is 10.1. The van der Waals surface area contributed by atoms with Gasteiger partial charge in [0.1, 0.15) is 11.4 Å². The number of hydrogen-bond donors (Lipinski definition) is 2. The Kier molecular flexibility index (Phi) is 6.65. The lowest BCUT2D eigenvalue weighted by atomic mass is 9.83. The van der Waals surface area contributed by atoms with E-state index in [2.05, 4.69) is 26.0 Å². The number of anilines is 1. The summed E-state index contributed by atoms with van der Waals surface area (Å²) in [4.78, 5) is 24.7. The van der Waals surface area contributed by atoms with Crippen LogP contribution in [0, 0.1) is 0 Å². The van der Waals surface area contributed by atoms with Gasteiger partial charge in [0.05, 0.1) is 22.1 Å². The fourth-order valence-corrected chi connectivity index (χ4v) is 6.40. The Labute approximate surface area is 230 Å². The average Bonchev–Trinajstić information content (AvgIpc) is 3.40. The number of amides is 1. The van der Waals surface area contributed by atoms with E-state index >= 15 is 0 Å². The third kappa shape index (κ3) is 4.47. The molecule has 3 N–H and O–H groups in total. The minimum absolute atomic E-state index is 0.109. The highest BCUT2D eigenvalue weighted by molar-refractivity contribution is 9.10. The molecule has 1 saturated heterocycles. The molecule has 4 heterocycles. The number of fused-ring (bicyclic) bond motifs is 1. The Morgan fingerprint density at radius 1 is 1.00 bits per heavy atom. The number of nitrogens with zero attached hydrogens (tertiary/aromatic N) is 5. The van der Waals surface area contributed by atoms with Crippen molar-refractivity contribution in [1.82, 2.24) is 24.5 Å². The summed E-state index contributed by atoms with van der Waals surface area (Å²) in [7, 11) is 0. The maximum Gasteiger partial charge on any atom is 0.254 e. The van der Waals surface area contributed by atoms with E-state index in [1.807, 2.05) is 53.6 Å². The van der Waals surface area contributed by atoms with Gasteiger partial charge in [0, 0.05) is 41.9 Å². The van der Waals surface area contributed by atoms with Gasteiger partial charge in [-0.1, -0.05) is 55.7 Å². The maximum absolute atomic E-state index is 13.1. The zero-order valence-electron chi connectivity index (χ0n) is 21.2. The van der Waals surface area contributed by atoms with Crippen molar-refractivity contribution in [3.05, 3.63) is 65.0 Å². The van der Waals surface area contributed by atoms with Crippen LogP contribution in [-0.2, 0) is 4.79 Å². The molecule has 0 spiro atoms. The van der Waals surface area contributed by atoms with Crippen LogP contribution in [0.5, 0.6) is 0 Å². The van der Waals surface area contributed by atoms with Crippen LogP contribution in [0.2, 0.25) is 0 Å².